The van der Waals surface area contributed by atoms with E-state index in [1.54, 1.807) is 0 Å². The van der Waals surface area contributed by atoms with E-state index in [-0.39, 0.29) is 0 Å². The molecule has 0 amide bonds. The van der Waals surface area contributed by atoms with Gasteiger partial charge in [0.05, 0.1) is 0 Å². The van der Waals surface area contributed by atoms with Gasteiger partial charge in [-0.15, -0.1) is 0 Å². The molecule has 1 nitrogen and oxygen atoms in total. The first-order valence-corrected chi connectivity index (χ1v) is 7.93. The molecule has 2 atom stereocenters. The Labute approximate surface area is 119 Å². The summed E-state index contributed by atoms with van der Waals surface area (Å²) in [6.45, 7) is 11.4. The Morgan fingerprint density at radius 1 is 1.16 bits per heavy atom. The maximum Gasteiger partial charge on any atom is -0.00148 e. The Balaban J connectivity index is 2.61. The van der Waals surface area contributed by atoms with E-state index < -0.39 is 0 Å². The van der Waals surface area contributed by atoms with Gasteiger partial charge in [-0.2, -0.15) is 0 Å². The topological polar surface area (TPSA) is 12.0 Å². The van der Waals surface area contributed by atoms with Crippen LogP contribution in [0, 0.1) is 18.8 Å². The lowest BCUT2D eigenvalue weighted by atomic mass is 9.85. The zero-order valence-electron chi connectivity index (χ0n) is 13.2. The van der Waals surface area contributed by atoms with Crippen LogP contribution < -0.4 is 5.32 Å². The first kappa shape index (κ1) is 16.2. The van der Waals surface area contributed by atoms with Gasteiger partial charge in [0.1, 0.15) is 0 Å². The molecule has 0 spiro atoms. The van der Waals surface area contributed by atoms with E-state index in [9.17, 15) is 0 Å². The normalized spacial score (nSPS) is 14.3. The van der Waals surface area contributed by atoms with E-state index in [1.165, 1.54) is 36.8 Å². The van der Waals surface area contributed by atoms with Crippen molar-refractivity contribution in [2.24, 2.45) is 11.8 Å². The maximum absolute atomic E-state index is 3.61. The molecule has 0 heterocycles. The summed E-state index contributed by atoms with van der Waals surface area (Å²) in [4.78, 5) is 0. The second-order valence-corrected chi connectivity index (χ2v) is 5.92. The predicted octanol–water partition coefficient (Wildman–Crippen LogP) is 4.59. The summed E-state index contributed by atoms with van der Waals surface area (Å²) in [7, 11) is 0. The number of benzene rings is 1. The number of hydrogen-bond acceptors (Lipinski definition) is 1. The summed E-state index contributed by atoms with van der Waals surface area (Å²) in [5.74, 6) is 1.56. The highest BCUT2D eigenvalue weighted by Gasteiger charge is 2.16. The highest BCUT2D eigenvalue weighted by molar-refractivity contribution is 5.22. The minimum absolute atomic E-state index is 0.758. The molecular weight excluding hydrogens is 230 g/mol. The van der Waals surface area contributed by atoms with Crippen molar-refractivity contribution >= 4 is 0 Å². The molecule has 0 fully saturated rings. The fraction of sp³-hybridized carbons (Fsp3) is 0.667. The third kappa shape index (κ3) is 6.24. The Morgan fingerprint density at radius 2 is 1.95 bits per heavy atom. The van der Waals surface area contributed by atoms with Gasteiger partial charge in [-0.25, -0.2) is 0 Å². The van der Waals surface area contributed by atoms with Gasteiger partial charge in [0, 0.05) is 0 Å². The van der Waals surface area contributed by atoms with Crippen LogP contribution >= 0.6 is 0 Å². The lowest BCUT2D eigenvalue weighted by molar-refractivity contribution is 0.318. The predicted molar refractivity (Wildman–Crippen MR) is 85.6 cm³/mol. The third-order valence-electron chi connectivity index (χ3n) is 3.96. The molecule has 1 aromatic carbocycles. The third-order valence-corrected chi connectivity index (χ3v) is 3.96. The van der Waals surface area contributed by atoms with Gasteiger partial charge in [0.25, 0.3) is 0 Å². The van der Waals surface area contributed by atoms with Crippen molar-refractivity contribution in [2.75, 3.05) is 13.1 Å². The Bertz CT molecular complexity index is 345. The van der Waals surface area contributed by atoms with Crippen LogP contribution in [-0.2, 0) is 6.42 Å². The van der Waals surface area contributed by atoms with Crippen LogP contribution in [0.2, 0.25) is 0 Å². The van der Waals surface area contributed by atoms with Gasteiger partial charge in [0.15, 0.2) is 0 Å². The fourth-order valence-electron chi connectivity index (χ4n) is 2.77. The van der Waals surface area contributed by atoms with Crippen LogP contribution in [0.25, 0.3) is 0 Å². The second kappa shape index (κ2) is 9.14. The van der Waals surface area contributed by atoms with E-state index in [1.807, 2.05) is 0 Å². The SMILES string of the molecule is CCCNCC(Cc1cccc(C)c1)C(C)CCC. The van der Waals surface area contributed by atoms with Crippen LogP contribution in [0.15, 0.2) is 24.3 Å². The molecule has 1 heteroatoms. The van der Waals surface area contributed by atoms with E-state index in [4.69, 9.17) is 0 Å². The number of aryl methyl sites for hydroxylation is 1. The van der Waals surface area contributed by atoms with Crippen molar-refractivity contribution in [3.8, 4) is 0 Å². The van der Waals surface area contributed by atoms with E-state index in [0.717, 1.165) is 24.9 Å². The Morgan fingerprint density at radius 3 is 2.58 bits per heavy atom. The molecule has 108 valence electrons. The molecule has 0 saturated carbocycles. The smallest absolute Gasteiger partial charge is 0.00148 e. The van der Waals surface area contributed by atoms with Crippen LogP contribution in [0.3, 0.4) is 0 Å². The van der Waals surface area contributed by atoms with Crippen molar-refractivity contribution in [3.05, 3.63) is 35.4 Å². The lowest BCUT2D eigenvalue weighted by Crippen LogP contribution is -2.29. The van der Waals surface area contributed by atoms with Crippen molar-refractivity contribution in [1.82, 2.24) is 5.32 Å². The van der Waals surface area contributed by atoms with Crippen molar-refractivity contribution < 1.29 is 0 Å². The van der Waals surface area contributed by atoms with Crippen molar-refractivity contribution in [2.45, 2.75) is 53.4 Å². The van der Waals surface area contributed by atoms with Gasteiger partial charge in [-0.05, 0) is 50.3 Å². The van der Waals surface area contributed by atoms with Gasteiger partial charge >= 0.3 is 0 Å². The number of nitrogens with one attached hydrogen (secondary N) is 1. The molecule has 0 aliphatic rings. The minimum Gasteiger partial charge on any atom is -0.316 e. The van der Waals surface area contributed by atoms with Gasteiger partial charge < -0.3 is 5.32 Å². The standard InChI is InChI=1S/C18H31N/c1-5-8-16(4)18(14-19-11-6-2)13-17-10-7-9-15(3)12-17/h7,9-10,12,16,18-19H,5-6,8,11,13-14H2,1-4H3. The molecular formula is C18H31N. The average Bonchev–Trinajstić information content (AvgIpc) is 2.38. The van der Waals surface area contributed by atoms with Crippen LogP contribution in [0.4, 0.5) is 0 Å². The minimum atomic E-state index is 0.758. The summed E-state index contributed by atoms with van der Waals surface area (Å²) >= 11 is 0. The molecule has 0 bridgehead atoms. The molecule has 0 aromatic heterocycles. The lowest BCUT2D eigenvalue weighted by Gasteiger charge is -2.24. The molecule has 2 unspecified atom stereocenters. The highest BCUT2D eigenvalue weighted by atomic mass is 14.9. The molecule has 0 saturated heterocycles. The van der Waals surface area contributed by atoms with E-state index >= 15 is 0 Å². The van der Waals surface area contributed by atoms with Gasteiger partial charge in [-0.1, -0.05) is 63.4 Å². The summed E-state index contributed by atoms with van der Waals surface area (Å²) in [5.41, 5.74) is 2.87. The highest BCUT2D eigenvalue weighted by Crippen LogP contribution is 2.21. The van der Waals surface area contributed by atoms with E-state index in [0.29, 0.717) is 0 Å². The first-order valence-electron chi connectivity index (χ1n) is 7.93. The zero-order chi connectivity index (χ0) is 14.1. The summed E-state index contributed by atoms with van der Waals surface area (Å²) in [6.07, 6.45) is 5.06. The molecule has 0 aliphatic carbocycles. The van der Waals surface area contributed by atoms with Crippen LogP contribution in [-0.4, -0.2) is 13.1 Å². The molecule has 1 aromatic rings. The Kier molecular flexibility index (Phi) is 7.81. The molecule has 1 N–H and O–H groups in total. The molecule has 0 radical (unpaired) electrons. The molecule has 1 rings (SSSR count). The molecule has 19 heavy (non-hydrogen) atoms. The maximum atomic E-state index is 3.61. The van der Waals surface area contributed by atoms with Crippen molar-refractivity contribution in [3.63, 3.8) is 0 Å². The van der Waals surface area contributed by atoms with E-state index in [2.05, 4.69) is 57.3 Å². The summed E-state index contributed by atoms with van der Waals surface area (Å²) in [5, 5.41) is 3.61. The second-order valence-electron chi connectivity index (χ2n) is 5.92. The quantitative estimate of drug-likeness (QED) is 0.641. The fourth-order valence-corrected chi connectivity index (χ4v) is 2.77. The van der Waals surface area contributed by atoms with Crippen LogP contribution in [0.1, 0.15) is 51.2 Å². The zero-order valence-corrected chi connectivity index (χ0v) is 13.2. The van der Waals surface area contributed by atoms with Crippen LogP contribution in [0.5, 0.6) is 0 Å². The monoisotopic (exact) mass is 261 g/mol. The van der Waals surface area contributed by atoms with Gasteiger partial charge in [0.2, 0.25) is 0 Å². The number of rotatable bonds is 9. The summed E-state index contributed by atoms with van der Waals surface area (Å²) < 4.78 is 0. The Hall–Kier alpha value is -0.820. The summed E-state index contributed by atoms with van der Waals surface area (Å²) in [6, 6.07) is 8.99. The molecule has 0 aliphatic heterocycles. The van der Waals surface area contributed by atoms with Crippen molar-refractivity contribution in [1.29, 1.82) is 0 Å². The largest absolute Gasteiger partial charge is 0.316 e. The first-order chi connectivity index (χ1) is 9.17. The number of hydrogen-bond donors (Lipinski definition) is 1. The average molecular weight is 261 g/mol. The van der Waals surface area contributed by atoms with Gasteiger partial charge in [-0.3, -0.25) is 0 Å².